The summed E-state index contributed by atoms with van der Waals surface area (Å²) in [4.78, 5) is 14.6. The molecule has 1 unspecified atom stereocenters. The number of H-pyrrole nitrogens is 1. The molecule has 0 aliphatic heterocycles. The number of hydrogen-bond donors (Lipinski definition) is 3. The Balaban J connectivity index is 2.17. The Labute approximate surface area is 117 Å². The van der Waals surface area contributed by atoms with Crippen LogP contribution in [0, 0.1) is 5.92 Å². The smallest absolute Gasteiger partial charge is 0.234 e. The van der Waals surface area contributed by atoms with Gasteiger partial charge in [0, 0.05) is 23.1 Å². The summed E-state index contributed by atoms with van der Waals surface area (Å²) in [6.45, 7) is 4.39. The topological polar surface area (TPSA) is 70.9 Å². The summed E-state index contributed by atoms with van der Waals surface area (Å²) >= 11 is 6.31. The van der Waals surface area contributed by atoms with E-state index in [1.54, 1.807) is 0 Å². The zero-order valence-corrected chi connectivity index (χ0v) is 11.8. The number of primary amides is 1. The molecular formula is C14H18ClN3O. The third-order valence-corrected chi connectivity index (χ3v) is 3.62. The number of fused-ring (bicyclic) bond motifs is 1. The summed E-state index contributed by atoms with van der Waals surface area (Å²) in [5.41, 5.74) is 7.23. The van der Waals surface area contributed by atoms with E-state index in [9.17, 15) is 4.79 Å². The number of para-hydroxylation sites is 1. The van der Waals surface area contributed by atoms with Gasteiger partial charge < -0.3 is 10.7 Å². The van der Waals surface area contributed by atoms with Crippen LogP contribution in [0.2, 0.25) is 5.02 Å². The van der Waals surface area contributed by atoms with E-state index in [1.165, 1.54) is 0 Å². The average Bonchev–Trinajstić information content (AvgIpc) is 2.66. The van der Waals surface area contributed by atoms with Crippen molar-refractivity contribution < 1.29 is 4.79 Å². The lowest BCUT2D eigenvalue weighted by molar-refractivity contribution is -0.121. The highest BCUT2D eigenvalue weighted by atomic mass is 35.5. The highest BCUT2D eigenvalue weighted by molar-refractivity contribution is 6.36. The van der Waals surface area contributed by atoms with Gasteiger partial charge in [-0.15, -0.1) is 0 Å². The van der Waals surface area contributed by atoms with Crippen molar-refractivity contribution >= 4 is 28.4 Å². The second-order valence-electron chi connectivity index (χ2n) is 4.97. The van der Waals surface area contributed by atoms with Crippen LogP contribution in [0.4, 0.5) is 0 Å². The molecule has 1 heterocycles. The molecular weight excluding hydrogens is 262 g/mol. The molecule has 1 atom stereocenters. The number of aromatic amines is 1. The summed E-state index contributed by atoms with van der Waals surface area (Å²) in [6, 6.07) is 7.47. The average molecular weight is 280 g/mol. The van der Waals surface area contributed by atoms with E-state index in [0.29, 0.717) is 11.6 Å². The summed E-state index contributed by atoms with van der Waals surface area (Å²) in [5.74, 6) is -0.206. The molecule has 19 heavy (non-hydrogen) atoms. The van der Waals surface area contributed by atoms with Gasteiger partial charge in [0.2, 0.25) is 5.91 Å². The highest BCUT2D eigenvalue weighted by Gasteiger charge is 2.19. The number of aromatic nitrogens is 1. The first-order valence-corrected chi connectivity index (χ1v) is 6.66. The number of nitrogens with one attached hydrogen (secondary N) is 2. The zero-order valence-electron chi connectivity index (χ0n) is 11.0. The summed E-state index contributed by atoms with van der Waals surface area (Å²) in [6.07, 6.45) is 0. The number of carbonyl (C=O) groups is 1. The monoisotopic (exact) mass is 279 g/mol. The van der Waals surface area contributed by atoms with Crippen LogP contribution >= 0.6 is 11.6 Å². The molecule has 4 nitrogen and oxygen atoms in total. The van der Waals surface area contributed by atoms with Crippen LogP contribution in [0.25, 0.3) is 10.9 Å². The molecule has 102 valence electrons. The Morgan fingerprint density at radius 1 is 1.42 bits per heavy atom. The summed E-state index contributed by atoms with van der Waals surface area (Å²) in [5, 5.41) is 4.82. The van der Waals surface area contributed by atoms with Crippen LogP contribution in [0.5, 0.6) is 0 Å². The number of rotatable bonds is 5. The number of halogens is 1. The predicted molar refractivity (Wildman–Crippen MR) is 78.0 cm³/mol. The van der Waals surface area contributed by atoms with Crippen molar-refractivity contribution in [1.82, 2.24) is 10.3 Å². The molecule has 0 radical (unpaired) electrons. The first-order valence-electron chi connectivity index (χ1n) is 6.28. The minimum atomic E-state index is -0.359. The maximum absolute atomic E-state index is 11.3. The molecule has 2 rings (SSSR count). The van der Waals surface area contributed by atoms with E-state index in [0.717, 1.165) is 16.6 Å². The second-order valence-corrected chi connectivity index (χ2v) is 5.35. The van der Waals surface area contributed by atoms with E-state index in [1.807, 2.05) is 38.1 Å². The Bertz CT molecular complexity index is 591. The van der Waals surface area contributed by atoms with Crippen molar-refractivity contribution in [3.8, 4) is 0 Å². The van der Waals surface area contributed by atoms with Crippen molar-refractivity contribution in [1.29, 1.82) is 0 Å². The van der Waals surface area contributed by atoms with Gasteiger partial charge in [-0.25, -0.2) is 0 Å². The van der Waals surface area contributed by atoms with Crippen molar-refractivity contribution in [3.63, 3.8) is 0 Å². The maximum atomic E-state index is 11.3. The first-order chi connectivity index (χ1) is 9.00. The minimum Gasteiger partial charge on any atom is -0.368 e. The molecule has 0 saturated heterocycles. The van der Waals surface area contributed by atoms with Crippen molar-refractivity contribution in [3.05, 3.63) is 35.0 Å². The van der Waals surface area contributed by atoms with Gasteiger partial charge in [0.25, 0.3) is 0 Å². The summed E-state index contributed by atoms with van der Waals surface area (Å²) < 4.78 is 0. The molecule has 0 fully saturated rings. The quantitative estimate of drug-likeness (QED) is 0.787. The van der Waals surface area contributed by atoms with Gasteiger partial charge in [-0.1, -0.05) is 43.6 Å². The molecule has 5 heteroatoms. The minimum absolute atomic E-state index is 0.139. The summed E-state index contributed by atoms with van der Waals surface area (Å²) in [7, 11) is 0. The molecule has 0 spiro atoms. The lowest BCUT2D eigenvalue weighted by Crippen LogP contribution is -2.44. The molecule has 0 bridgehead atoms. The molecule has 4 N–H and O–H groups in total. The fourth-order valence-electron chi connectivity index (χ4n) is 2.16. The van der Waals surface area contributed by atoms with Crippen LogP contribution in [0.3, 0.4) is 0 Å². The van der Waals surface area contributed by atoms with Gasteiger partial charge in [0.05, 0.1) is 11.1 Å². The van der Waals surface area contributed by atoms with Gasteiger partial charge in [-0.3, -0.25) is 10.1 Å². The Morgan fingerprint density at radius 2 is 2.11 bits per heavy atom. The van der Waals surface area contributed by atoms with Crippen molar-refractivity contribution in [2.24, 2.45) is 11.7 Å². The van der Waals surface area contributed by atoms with Gasteiger partial charge in [-0.2, -0.15) is 0 Å². The van der Waals surface area contributed by atoms with E-state index in [-0.39, 0.29) is 17.9 Å². The standard InChI is InChI=1S/C14H18ClN3O/c1-8(2)13(14(16)19)17-7-11-12(15)9-5-3-4-6-10(9)18-11/h3-6,8,13,17-18H,7H2,1-2H3,(H2,16,19). The third-order valence-electron chi connectivity index (χ3n) is 3.19. The van der Waals surface area contributed by atoms with Gasteiger partial charge in [0.1, 0.15) is 0 Å². The normalized spacial score (nSPS) is 13.1. The SMILES string of the molecule is CC(C)C(NCc1[nH]c2ccccc2c1Cl)C(N)=O. The van der Waals surface area contributed by atoms with E-state index in [4.69, 9.17) is 17.3 Å². The Morgan fingerprint density at radius 3 is 2.68 bits per heavy atom. The lowest BCUT2D eigenvalue weighted by atomic mass is 10.0. The van der Waals surface area contributed by atoms with Gasteiger partial charge in [-0.05, 0) is 12.0 Å². The number of carbonyl (C=O) groups excluding carboxylic acids is 1. The van der Waals surface area contributed by atoms with Crippen LogP contribution < -0.4 is 11.1 Å². The lowest BCUT2D eigenvalue weighted by Gasteiger charge is -2.18. The molecule has 0 aliphatic carbocycles. The van der Waals surface area contributed by atoms with Crippen LogP contribution in [0.15, 0.2) is 24.3 Å². The highest BCUT2D eigenvalue weighted by Crippen LogP contribution is 2.27. The number of nitrogens with two attached hydrogens (primary N) is 1. The second kappa shape index (κ2) is 5.63. The fourth-order valence-corrected chi connectivity index (χ4v) is 2.44. The van der Waals surface area contributed by atoms with Gasteiger partial charge >= 0.3 is 0 Å². The largest absolute Gasteiger partial charge is 0.368 e. The van der Waals surface area contributed by atoms with Crippen LogP contribution in [-0.4, -0.2) is 16.9 Å². The number of benzene rings is 1. The van der Waals surface area contributed by atoms with E-state index in [2.05, 4.69) is 10.3 Å². The first kappa shape index (κ1) is 13.9. The molecule has 2 aromatic rings. The molecule has 1 aromatic carbocycles. The predicted octanol–water partition coefficient (Wildman–Crippen LogP) is 2.42. The molecule has 1 aromatic heterocycles. The molecule has 0 saturated carbocycles. The maximum Gasteiger partial charge on any atom is 0.234 e. The number of hydrogen-bond acceptors (Lipinski definition) is 2. The fraction of sp³-hybridized carbons (Fsp3) is 0.357. The van der Waals surface area contributed by atoms with Gasteiger partial charge in [0.15, 0.2) is 0 Å². The zero-order chi connectivity index (χ0) is 14.0. The third kappa shape index (κ3) is 2.91. The Kier molecular flexibility index (Phi) is 4.12. The van der Waals surface area contributed by atoms with Crippen molar-refractivity contribution in [2.75, 3.05) is 0 Å². The van der Waals surface area contributed by atoms with E-state index < -0.39 is 0 Å². The molecule has 1 amide bonds. The van der Waals surface area contributed by atoms with E-state index >= 15 is 0 Å². The Hall–Kier alpha value is -1.52. The van der Waals surface area contributed by atoms with Crippen molar-refractivity contribution in [2.45, 2.75) is 26.4 Å². The van der Waals surface area contributed by atoms with Crippen LogP contribution in [0.1, 0.15) is 19.5 Å². The number of amides is 1. The van der Waals surface area contributed by atoms with Crippen LogP contribution in [-0.2, 0) is 11.3 Å². The molecule has 0 aliphatic rings.